The number of para-hydroxylation sites is 1. The highest BCUT2D eigenvalue weighted by atomic mass is 32.2. The quantitative estimate of drug-likeness (QED) is 0.518. The molecule has 27 heavy (non-hydrogen) atoms. The topological polar surface area (TPSA) is 56.3 Å². The number of ether oxygens (including phenoxy) is 1. The van der Waals surface area contributed by atoms with Crippen molar-refractivity contribution in [3.05, 3.63) is 24.3 Å². The molecular formula is C21H23NO3S2. The largest absolute Gasteiger partial charge is 0.457 e. The van der Waals surface area contributed by atoms with Gasteiger partial charge in [-0.3, -0.25) is 9.59 Å². The van der Waals surface area contributed by atoms with Crippen molar-refractivity contribution >= 4 is 45.1 Å². The molecule has 1 aromatic carbocycles. The molecule has 0 amide bonds. The van der Waals surface area contributed by atoms with Crippen molar-refractivity contribution < 1.29 is 14.3 Å². The maximum atomic E-state index is 12.9. The molecule has 0 atom stereocenters. The number of hydrogen-bond donors (Lipinski definition) is 0. The minimum Gasteiger partial charge on any atom is -0.457 e. The Kier molecular flexibility index (Phi) is 4.51. The van der Waals surface area contributed by atoms with Crippen molar-refractivity contribution in [1.29, 1.82) is 0 Å². The SMILES string of the molecule is O=C(CSc1nc2ccccc2s1)OCC(=O)C12CC3CC(CC(C3)C1)C2. The Morgan fingerprint density at radius 2 is 1.78 bits per heavy atom. The van der Waals surface area contributed by atoms with Crippen LogP contribution in [0.5, 0.6) is 0 Å². The second kappa shape index (κ2) is 6.89. The number of ketones is 1. The normalized spacial score (nSPS) is 31.3. The van der Waals surface area contributed by atoms with Crippen LogP contribution in [0.15, 0.2) is 28.6 Å². The second-order valence-electron chi connectivity index (χ2n) is 8.52. The first-order valence-corrected chi connectivity index (χ1v) is 11.6. The zero-order valence-corrected chi connectivity index (χ0v) is 16.8. The molecule has 6 heteroatoms. The van der Waals surface area contributed by atoms with Gasteiger partial charge in [0.05, 0.1) is 16.0 Å². The number of nitrogens with zero attached hydrogens (tertiary/aromatic N) is 1. The van der Waals surface area contributed by atoms with Crippen LogP contribution in [-0.4, -0.2) is 29.1 Å². The molecule has 0 saturated heterocycles. The Bertz CT molecular complexity index is 822. The minimum atomic E-state index is -0.322. The van der Waals surface area contributed by atoms with Crippen LogP contribution < -0.4 is 0 Å². The number of hydrogen-bond acceptors (Lipinski definition) is 6. The fourth-order valence-electron chi connectivity index (χ4n) is 5.83. The Morgan fingerprint density at radius 3 is 2.44 bits per heavy atom. The molecule has 4 bridgehead atoms. The minimum absolute atomic E-state index is 0.0502. The average Bonchev–Trinajstić information content (AvgIpc) is 3.06. The molecule has 1 aromatic heterocycles. The van der Waals surface area contributed by atoms with Crippen LogP contribution in [0.4, 0.5) is 0 Å². The van der Waals surface area contributed by atoms with Crippen molar-refractivity contribution in [3.63, 3.8) is 0 Å². The molecule has 4 aliphatic rings. The standard InChI is InChI=1S/C21H23NO3S2/c23-18(21-8-13-5-14(9-21)7-15(6-13)10-21)11-25-19(24)12-26-20-22-16-3-1-2-4-17(16)27-20/h1-4,13-15H,5-12H2. The van der Waals surface area contributed by atoms with Crippen LogP contribution in [0.3, 0.4) is 0 Å². The Balaban J connectivity index is 1.14. The lowest BCUT2D eigenvalue weighted by atomic mass is 9.48. The molecule has 2 aromatic rings. The van der Waals surface area contributed by atoms with Gasteiger partial charge < -0.3 is 4.74 Å². The zero-order valence-electron chi connectivity index (χ0n) is 15.2. The lowest BCUT2D eigenvalue weighted by Crippen LogP contribution is -2.51. The second-order valence-corrected chi connectivity index (χ2v) is 10.8. The van der Waals surface area contributed by atoms with E-state index in [4.69, 9.17) is 4.74 Å². The Morgan fingerprint density at radius 1 is 1.11 bits per heavy atom. The first-order valence-electron chi connectivity index (χ1n) is 9.77. The fraction of sp³-hybridized carbons (Fsp3) is 0.571. The van der Waals surface area contributed by atoms with Gasteiger partial charge in [-0.05, 0) is 68.4 Å². The number of esters is 1. The van der Waals surface area contributed by atoms with E-state index in [9.17, 15) is 9.59 Å². The summed E-state index contributed by atoms with van der Waals surface area (Å²) >= 11 is 2.97. The van der Waals surface area contributed by atoms with E-state index in [1.165, 1.54) is 31.0 Å². The molecule has 4 fully saturated rings. The van der Waals surface area contributed by atoms with Crippen LogP contribution in [-0.2, 0) is 14.3 Å². The van der Waals surface area contributed by atoms with Crippen molar-refractivity contribution in [2.75, 3.05) is 12.4 Å². The predicted molar refractivity (Wildman–Crippen MR) is 107 cm³/mol. The highest BCUT2D eigenvalue weighted by Crippen LogP contribution is 2.60. The van der Waals surface area contributed by atoms with Gasteiger partial charge >= 0.3 is 5.97 Å². The number of carbonyl (C=O) groups is 2. The van der Waals surface area contributed by atoms with Gasteiger partial charge in [0.15, 0.2) is 16.7 Å². The predicted octanol–water partition coefficient (Wildman–Crippen LogP) is 4.72. The number of benzene rings is 1. The first kappa shape index (κ1) is 17.7. The van der Waals surface area contributed by atoms with Crippen LogP contribution in [0.1, 0.15) is 38.5 Å². The molecule has 0 N–H and O–H groups in total. The Labute approximate surface area is 167 Å². The van der Waals surface area contributed by atoms with E-state index < -0.39 is 0 Å². The van der Waals surface area contributed by atoms with E-state index in [-0.39, 0.29) is 29.5 Å². The average molecular weight is 402 g/mol. The molecular weight excluding hydrogens is 378 g/mol. The van der Waals surface area contributed by atoms with E-state index in [0.717, 1.165) is 51.6 Å². The number of fused-ring (bicyclic) bond motifs is 1. The van der Waals surface area contributed by atoms with E-state index >= 15 is 0 Å². The van der Waals surface area contributed by atoms with E-state index in [1.807, 2.05) is 24.3 Å². The lowest BCUT2D eigenvalue weighted by Gasteiger charge is -2.55. The van der Waals surface area contributed by atoms with Crippen molar-refractivity contribution in [3.8, 4) is 0 Å². The third kappa shape index (κ3) is 3.42. The molecule has 0 unspecified atom stereocenters. The van der Waals surface area contributed by atoms with Gasteiger partial charge in [-0.2, -0.15) is 0 Å². The molecule has 4 saturated carbocycles. The summed E-state index contributed by atoms with van der Waals surface area (Å²) in [7, 11) is 0. The van der Waals surface area contributed by atoms with Gasteiger partial charge in [0, 0.05) is 5.41 Å². The molecule has 6 rings (SSSR count). The van der Waals surface area contributed by atoms with Gasteiger partial charge in [-0.15, -0.1) is 11.3 Å². The lowest BCUT2D eigenvalue weighted by molar-refractivity contribution is -0.156. The molecule has 0 spiro atoms. The summed E-state index contributed by atoms with van der Waals surface area (Å²) in [6.45, 7) is -0.0502. The van der Waals surface area contributed by atoms with Crippen molar-refractivity contribution in [2.24, 2.45) is 23.2 Å². The summed E-state index contributed by atoms with van der Waals surface area (Å²) in [5.41, 5.74) is 0.769. The van der Waals surface area contributed by atoms with Gasteiger partial charge in [-0.25, -0.2) is 4.98 Å². The number of thioether (sulfide) groups is 1. The van der Waals surface area contributed by atoms with Crippen LogP contribution in [0.25, 0.3) is 10.2 Å². The van der Waals surface area contributed by atoms with Crippen molar-refractivity contribution in [1.82, 2.24) is 4.98 Å². The molecule has 142 valence electrons. The van der Waals surface area contributed by atoms with Crippen LogP contribution >= 0.6 is 23.1 Å². The maximum absolute atomic E-state index is 12.9. The maximum Gasteiger partial charge on any atom is 0.316 e. The third-order valence-electron chi connectivity index (χ3n) is 6.58. The van der Waals surface area contributed by atoms with Crippen LogP contribution in [0, 0.1) is 23.2 Å². The van der Waals surface area contributed by atoms with Crippen LogP contribution in [0.2, 0.25) is 0 Å². The summed E-state index contributed by atoms with van der Waals surface area (Å²) < 4.78 is 7.33. The van der Waals surface area contributed by atoms with Gasteiger partial charge in [0.25, 0.3) is 0 Å². The molecule has 0 aliphatic heterocycles. The monoisotopic (exact) mass is 401 g/mol. The Hall–Kier alpha value is -1.40. The van der Waals surface area contributed by atoms with Gasteiger partial charge in [0.2, 0.25) is 0 Å². The third-order valence-corrected chi connectivity index (χ3v) is 8.73. The number of carbonyl (C=O) groups excluding carboxylic acids is 2. The van der Waals surface area contributed by atoms with E-state index in [2.05, 4.69) is 4.98 Å². The van der Waals surface area contributed by atoms with E-state index in [0.29, 0.717) is 0 Å². The summed E-state index contributed by atoms with van der Waals surface area (Å²) in [6.07, 6.45) is 7.00. The summed E-state index contributed by atoms with van der Waals surface area (Å²) in [4.78, 5) is 29.6. The molecule has 1 heterocycles. The van der Waals surface area contributed by atoms with Crippen molar-refractivity contribution in [2.45, 2.75) is 42.9 Å². The highest BCUT2D eigenvalue weighted by Gasteiger charge is 2.54. The van der Waals surface area contributed by atoms with E-state index in [1.54, 1.807) is 11.3 Å². The number of rotatable bonds is 6. The smallest absolute Gasteiger partial charge is 0.316 e. The number of aromatic nitrogens is 1. The number of Topliss-reactive ketones (excluding diaryl/α,β-unsaturated/α-hetero) is 1. The summed E-state index contributed by atoms with van der Waals surface area (Å²) in [5, 5.41) is 0. The molecule has 0 radical (unpaired) electrons. The fourth-order valence-corrected chi connectivity index (χ4v) is 7.69. The highest BCUT2D eigenvalue weighted by molar-refractivity contribution is 8.01. The molecule has 4 nitrogen and oxygen atoms in total. The summed E-state index contributed by atoms with van der Waals surface area (Å²) in [6, 6.07) is 7.94. The molecule has 4 aliphatic carbocycles. The van der Waals surface area contributed by atoms with Gasteiger partial charge in [0.1, 0.15) is 0 Å². The zero-order chi connectivity index (χ0) is 18.4. The number of thiazole rings is 1. The first-order chi connectivity index (χ1) is 13.1. The summed E-state index contributed by atoms with van der Waals surface area (Å²) in [5.74, 6) is 2.23. The van der Waals surface area contributed by atoms with Gasteiger partial charge in [-0.1, -0.05) is 23.9 Å².